The molecule has 0 aromatic carbocycles. The highest BCUT2D eigenvalue weighted by molar-refractivity contribution is 5.70. The Bertz CT molecular complexity index is 189. The second-order valence-electron chi connectivity index (χ2n) is 2.32. The molecule has 0 saturated carbocycles. The molecular weight excluding hydrogens is 142 g/mol. The predicted octanol–water partition coefficient (Wildman–Crippen LogP) is 1.18. The lowest BCUT2D eigenvalue weighted by molar-refractivity contribution is 0.160. The van der Waals surface area contributed by atoms with Crippen LogP contribution in [0.2, 0.25) is 0 Å². The van der Waals surface area contributed by atoms with E-state index in [0.29, 0.717) is 13.2 Å². The van der Waals surface area contributed by atoms with Gasteiger partial charge in [-0.3, -0.25) is 4.90 Å². The summed E-state index contributed by atoms with van der Waals surface area (Å²) in [6, 6.07) is 0.0144. The molecule has 1 fully saturated rings. The maximum absolute atomic E-state index is 10.9. The molecule has 0 aromatic heterocycles. The minimum atomic E-state index is -0.283. The van der Waals surface area contributed by atoms with Crippen LogP contribution in [0.4, 0.5) is 4.79 Å². The fourth-order valence-corrected chi connectivity index (χ4v) is 1.01. The van der Waals surface area contributed by atoms with Gasteiger partial charge in [0.15, 0.2) is 0 Å². The molecule has 0 aromatic rings. The molecule has 11 heavy (non-hydrogen) atoms. The van der Waals surface area contributed by atoms with E-state index in [2.05, 4.69) is 13.2 Å². The van der Waals surface area contributed by atoms with Gasteiger partial charge in [-0.2, -0.15) is 0 Å². The number of nitrogens with zero attached hydrogens (tertiary/aromatic N) is 1. The zero-order valence-electron chi connectivity index (χ0n) is 6.32. The van der Waals surface area contributed by atoms with Crippen LogP contribution >= 0.6 is 0 Å². The van der Waals surface area contributed by atoms with E-state index in [4.69, 9.17) is 4.74 Å². The summed E-state index contributed by atoms with van der Waals surface area (Å²) in [7, 11) is 0. The Labute approximate surface area is 65.9 Å². The van der Waals surface area contributed by atoms with Gasteiger partial charge >= 0.3 is 6.09 Å². The largest absolute Gasteiger partial charge is 0.447 e. The number of rotatable bonds is 3. The molecule has 0 radical (unpaired) electrons. The molecule has 1 aliphatic rings. The third-order valence-corrected chi connectivity index (χ3v) is 1.61. The molecule has 1 rings (SSSR count). The Kier molecular flexibility index (Phi) is 2.31. The highest BCUT2D eigenvalue weighted by atomic mass is 16.6. The van der Waals surface area contributed by atoms with E-state index in [1.807, 2.05) is 0 Å². The molecule has 3 heteroatoms. The van der Waals surface area contributed by atoms with E-state index < -0.39 is 0 Å². The molecule has 1 atom stereocenters. The summed E-state index contributed by atoms with van der Waals surface area (Å²) in [5.74, 6) is 0. The lowest BCUT2D eigenvalue weighted by Gasteiger charge is -2.15. The topological polar surface area (TPSA) is 29.5 Å². The van der Waals surface area contributed by atoms with E-state index in [1.165, 1.54) is 0 Å². The number of hydrogen-bond donors (Lipinski definition) is 0. The minimum Gasteiger partial charge on any atom is -0.447 e. The van der Waals surface area contributed by atoms with Crippen molar-refractivity contribution >= 4 is 6.09 Å². The van der Waals surface area contributed by atoms with Crippen LogP contribution in [0.1, 0.15) is 0 Å². The van der Waals surface area contributed by atoms with Crippen molar-refractivity contribution in [3.05, 3.63) is 25.3 Å². The van der Waals surface area contributed by atoms with Gasteiger partial charge in [0.2, 0.25) is 0 Å². The van der Waals surface area contributed by atoms with Gasteiger partial charge in [-0.1, -0.05) is 12.2 Å². The monoisotopic (exact) mass is 153 g/mol. The van der Waals surface area contributed by atoms with Gasteiger partial charge < -0.3 is 4.74 Å². The Morgan fingerprint density at radius 3 is 3.00 bits per heavy atom. The smallest absolute Gasteiger partial charge is 0.410 e. The predicted molar refractivity (Wildman–Crippen MR) is 42.2 cm³/mol. The Morgan fingerprint density at radius 2 is 2.45 bits per heavy atom. The van der Waals surface area contributed by atoms with Crippen molar-refractivity contribution < 1.29 is 9.53 Å². The third-order valence-electron chi connectivity index (χ3n) is 1.61. The van der Waals surface area contributed by atoms with Crippen molar-refractivity contribution in [2.45, 2.75) is 6.04 Å². The van der Waals surface area contributed by atoms with Gasteiger partial charge in [-0.15, -0.1) is 13.2 Å². The number of carbonyl (C=O) groups is 1. The average molecular weight is 153 g/mol. The molecule has 0 unspecified atom stereocenters. The van der Waals surface area contributed by atoms with Gasteiger partial charge in [0.25, 0.3) is 0 Å². The SMILES string of the molecule is C=CCN1C(=O)OC[C@H]1C=C. The zero-order valence-corrected chi connectivity index (χ0v) is 6.32. The quantitative estimate of drug-likeness (QED) is 0.570. The van der Waals surface area contributed by atoms with Crippen LogP contribution in [0, 0.1) is 0 Å². The molecule has 0 bridgehead atoms. The lowest BCUT2D eigenvalue weighted by Crippen LogP contribution is -2.31. The van der Waals surface area contributed by atoms with Crippen LogP contribution < -0.4 is 0 Å². The van der Waals surface area contributed by atoms with Crippen molar-refractivity contribution in [3.8, 4) is 0 Å². The number of ether oxygens (including phenoxy) is 1. The van der Waals surface area contributed by atoms with Gasteiger partial charge in [0.1, 0.15) is 6.61 Å². The van der Waals surface area contributed by atoms with Gasteiger partial charge in [-0.05, 0) is 0 Å². The van der Waals surface area contributed by atoms with Crippen LogP contribution in [-0.4, -0.2) is 30.2 Å². The number of hydrogen-bond acceptors (Lipinski definition) is 2. The van der Waals surface area contributed by atoms with Crippen LogP contribution in [0.15, 0.2) is 25.3 Å². The van der Waals surface area contributed by atoms with E-state index in [0.717, 1.165) is 0 Å². The van der Waals surface area contributed by atoms with Crippen molar-refractivity contribution in [1.29, 1.82) is 0 Å². The summed E-state index contributed by atoms with van der Waals surface area (Å²) in [5.41, 5.74) is 0. The molecule has 0 spiro atoms. The van der Waals surface area contributed by atoms with Crippen LogP contribution in [0.25, 0.3) is 0 Å². The summed E-state index contributed by atoms with van der Waals surface area (Å²) in [6.07, 6.45) is 3.09. The molecule has 1 amide bonds. The first-order valence-corrected chi connectivity index (χ1v) is 3.46. The lowest BCUT2D eigenvalue weighted by atomic mass is 10.3. The zero-order chi connectivity index (χ0) is 8.27. The van der Waals surface area contributed by atoms with Crippen molar-refractivity contribution in [2.24, 2.45) is 0 Å². The van der Waals surface area contributed by atoms with Crippen LogP contribution in [-0.2, 0) is 4.74 Å². The van der Waals surface area contributed by atoms with Gasteiger partial charge in [-0.25, -0.2) is 4.79 Å². The van der Waals surface area contributed by atoms with E-state index in [-0.39, 0.29) is 12.1 Å². The normalized spacial score (nSPS) is 23.1. The minimum absolute atomic E-state index is 0.0144. The first-order chi connectivity index (χ1) is 5.29. The maximum atomic E-state index is 10.9. The van der Waals surface area contributed by atoms with Crippen molar-refractivity contribution in [2.75, 3.05) is 13.2 Å². The Balaban J connectivity index is 2.62. The summed E-state index contributed by atoms with van der Waals surface area (Å²) >= 11 is 0. The van der Waals surface area contributed by atoms with Gasteiger partial charge in [0.05, 0.1) is 6.04 Å². The Hall–Kier alpha value is -1.25. The summed E-state index contributed by atoms with van der Waals surface area (Å²) < 4.78 is 4.79. The molecule has 0 N–H and O–H groups in total. The second-order valence-corrected chi connectivity index (χ2v) is 2.32. The van der Waals surface area contributed by atoms with Crippen molar-refractivity contribution in [3.63, 3.8) is 0 Å². The van der Waals surface area contributed by atoms with Crippen molar-refractivity contribution in [1.82, 2.24) is 4.90 Å². The molecule has 1 saturated heterocycles. The van der Waals surface area contributed by atoms with Crippen LogP contribution in [0.5, 0.6) is 0 Å². The van der Waals surface area contributed by atoms with Gasteiger partial charge in [0, 0.05) is 6.54 Å². The average Bonchev–Trinajstić information content (AvgIpc) is 2.34. The molecule has 0 aliphatic carbocycles. The molecular formula is C8H11NO2. The van der Waals surface area contributed by atoms with E-state index >= 15 is 0 Å². The second kappa shape index (κ2) is 3.23. The summed E-state index contributed by atoms with van der Waals surface area (Å²) in [5, 5.41) is 0. The maximum Gasteiger partial charge on any atom is 0.410 e. The molecule has 3 nitrogen and oxygen atoms in total. The Morgan fingerprint density at radius 1 is 1.73 bits per heavy atom. The highest BCUT2D eigenvalue weighted by Gasteiger charge is 2.29. The summed E-state index contributed by atoms with van der Waals surface area (Å²) in [4.78, 5) is 12.5. The molecule has 1 aliphatic heterocycles. The summed E-state index contributed by atoms with van der Waals surface area (Å²) in [6.45, 7) is 8.08. The van der Waals surface area contributed by atoms with Crippen LogP contribution in [0.3, 0.4) is 0 Å². The number of amides is 1. The number of carbonyl (C=O) groups excluding carboxylic acids is 1. The first-order valence-electron chi connectivity index (χ1n) is 3.46. The molecule has 1 heterocycles. The standard InChI is InChI=1S/C8H11NO2/c1-3-5-9-7(4-2)6-11-8(9)10/h3-4,7H,1-2,5-6H2/t7-/m1/s1. The first kappa shape index (κ1) is 7.85. The fourth-order valence-electron chi connectivity index (χ4n) is 1.01. The van der Waals surface area contributed by atoms with E-state index in [1.54, 1.807) is 17.1 Å². The highest BCUT2D eigenvalue weighted by Crippen LogP contribution is 2.11. The molecule has 60 valence electrons. The fraction of sp³-hybridized carbons (Fsp3) is 0.375. The van der Waals surface area contributed by atoms with E-state index in [9.17, 15) is 4.79 Å². The number of cyclic esters (lactones) is 1. The third kappa shape index (κ3) is 1.42.